The van der Waals surface area contributed by atoms with E-state index in [4.69, 9.17) is 0 Å². The second-order valence-electron chi connectivity index (χ2n) is 7.76. The van der Waals surface area contributed by atoms with Crippen LogP contribution >= 0.6 is 0 Å². The van der Waals surface area contributed by atoms with Crippen LogP contribution in [0.25, 0.3) is 0 Å². The minimum absolute atomic E-state index is 0.0719. The van der Waals surface area contributed by atoms with Crippen LogP contribution < -0.4 is 0 Å². The van der Waals surface area contributed by atoms with E-state index in [-0.39, 0.29) is 31.2 Å². The predicted molar refractivity (Wildman–Crippen MR) is 110 cm³/mol. The number of amides is 3. The summed E-state index contributed by atoms with van der Waals surface area (Å²) in [4.78, 5) is 46.0. The lowest BCUT2D eigenvalue weighted by atomic mass is 9.75. The Bertz CT molecular complexity index is 934. The lowest BCUT2D eigenvalue weighted by Crippen LogP contribution is -2.42. The van der Waals surface area contributed by atoms with Crippen LogP contribution in [0.3, 0.4) is 0 Å². The van der Waals surface area contributed by atoms with Crippen molar-refractivity contribution in [2.75, 3.05) is 13.6 Å². The van der Waals surface area contributed by atoms with Gasteiger partial charge in [0, 0.05) is 38.8 Å². The first kappa shape index (κ1) is 21.6. The lowest BCUT2D eigenvalue weighted by molar-refractivity contribution is -0.143. The number of carbonyl (C=O) groups is 3. The third-order valence-corrected chi connectivity index (χ3v) is 5.58. The zero-order chi connectivity index (χ0) is 21.7. The second kappa shape index (κ2) is 9.15. The molecule has 1 atom stereocenters. The first-order chi connectivity index (χ1) is 14.4. The van der Waals surface area contributed by atoms with Crippen molar-refractivity contribution >= 4 is 17.7 Å². The summed E-state index contributed by atoms with van der Waals surface area (Å²) < 4.78 is 14.0. The Balaban J connectivity index is 1.95. The van der Waals surface area contributed by atoms with Crippen LogP contribution in [-0.4, -0.2) is 46.1 Å². The fraction of sp³-hybridized carbons (Fsp3) is 0.391. The number of aromatic nitrogens is 1. The summed E-state index contributed by atoms with van der Waals surface area (Å²) in [5, 5.41) is 0. The van der Waals surface area contributed by atoms with E-state index in [1.807, 2.05) is 6.92 Å². The molecule has 1 aromatic carbocycles. The van der Waals surface area contributed by atoms with Gasteiger partial charge in [0.15, 0.2) is 0 Å². The molecule has 2 aromatic rings. The summed E-state index contributed by atoms with van der Waals surface area (Å²) in [7, 11) is 1.69. The van der Waals surface area contributed by atoms with Crippen LogP contribution in [0.15, 0.2) is 48.8 Å². The molecule has 3 amide bonds. The molecule has 1 aromatic heterocycles. The highest BCUT2D eigenvalue weighted by Crippen LogP contribution is 2.41. The Morgan fingerprint density at radius 3 is 2.73 bits per heavy atom. The lowest BCUT2D eigenvalue weighted by Gasteiger charge is -2.29. The molecular weight excluding hydrogens is 385 g/mol. The molecule has 6 nitrogen and oxygen atoms in total. The number of carbonyl (C=O) groups excluding carboxylic acids is 3. The van der Waals surface area contributed by atoms with Gasteiger partial charge in [0.25, 0.3) is 0 Å². The first-order valence-corrected chi connectivity index (χ1v) is 10.1. The highest BCUT2D eigenvalue weighted by molar-refractivity contribution is 6.10. The van der Waals surface area contributed by atoms with Crippen LogP contribution in [0.2, 0.25) is 0 Å². The standard InChI is InChI=1S/C23H26FN3O3/c1-3-4-11-26(2)20(28)13-23(18-8-5-9-19(24)12-18)14-21(29)27(22(23)30)16-17-7-6-10-25-15-17/h5-10,12,15H,3-4,11,13-14,16H2,1-2H3. The molecule has 7 heteroatoms. The minimum atomic E-state index is -1.40. The van der Waals surface area contributed by atoms with E-state index in [2.05, 4.69) is 4.98 Å². The molecule has 1 unspecified atom stereocenters. The van der Waals surface area contributed by atoms with Crippen LogP contribution in [0.5, 0.6) is 0 Å². The fourth-order valence-corrected chi connectivity index (χ4v) is 3.80. The summed E-state index contributed by atoms with van der Waals surface area (Å²) in [5.41, 5.74) is -0.341. The number of nitrogens with zero attached hydrogens (tertiary/aromatic N) is 3. The van der Waals surface area contributed by atoms with E-state index in [0.717, 1.165) is 17.7 Å². The number of unbranched alkanes of at least 4 members (excludes halogenated alkanes) is 1. The van der Waals surface area contributed by atoms with Gasteiger partial charge in [-0.2, -0.15) is 0 Å². The maximum absolute atomic E-state index is 14.0. The number of rotatable bonds is 8. The van der Waals surface area contributed by atoms with Gasteiger partial charge in [-0.15, -0.1) is 0 Å². The van der Waals surface area contributed by atoms with Gasteiger partial charge in [0.05, 0.1) is 12.0 Å². The molecule has 2 heterocycles. The van der Waals surface area contributed by atoms with Crippen LogP contribution in [0, 0.1) is 5.82 Å². The molecule has 158 valence electrons. The highest BCUT2D eigenvalue weighted by Gasteiger charge is 2.54. The number of halogens is 1. The summed E-state index contributed by atoms with van der Waals surface area (Å²) in [6.07, 6.45) is 4.64. The van der Waals surface area contributed by atoms with Crippen molar-refractivity contribution in [2.45, 2.75) is 44.6 Å². The number of benzene rings is 1. The predicted octanol–water partition coefficient (Wildman–Crippen LogP) is 3.07. The van der Waals surface area contributed by atoms with Gasteiger partial charge in [-0.3, -0.25) is 24.3 Å². The summed E-state index contributed by atoms with van der Waals surface area (Å²) >= 11 is 0. The Morgan fingerprint density at radius 1 is 1.27 bits per heavy atom. The van der Waals surface area contributed by atoms with Crippen molar-refractivity contribution in [3.63, 3.8) is 0 Å². The average molecular weight is 411 g/mol. The molecule has 1 aliphatic rings. The number of imide groups is 1. The van der Waals surface area contributed by atoms with Crippen molar-refractivity contribution in [3.8, 4) is 0 Å². The van der Waals surface area contributed by atoms with Crippen LogP contribution in [0.4, 0.5) is 4.39 Å². The van der Waals surface area contributed by atoms with Gasteiger partial charge < -0.3 is 4.90 Å². The third kappa shape index (κ3) is 4.40. The normalized spacial score (nSPS) is 18.7. The zero-order valence-corrected chi connectivity index (χ0v) is 17.3. The van der Waals surface area contributed by atoms with E-state index < -0.39 is 17.1 Å². The largest absolute Gasteiger partial charge is 0.346 e. The van der Waals surface area contributed by atoms with Gasteiger partial charge in [0.1, 0.15) is 5.82 Å². The maximum Gasteiger partial charge on any atom is 0.241 e. The maximum atomic E-state index is 14.0. The molecule has 0 spiro atoms. The van der Waals surface area contributed by atoms with Crippen molar-refractivity contribution < 1.29 is 18.8 Å². The molecule has 1 saturated heterocycles. The van der Waals surface area contributed by atoms with E-state index >= 15 is 0 Å². The third-order valence-electron chi connectivity index (χ3n) is 5.58. The molecule has 0 radical (unpaired) electrons. The van der Waals surface area contributed by atoms with Gasteiger partial charge in [-0.25, -0.2) is 4.39 Å². The van der Waals surface area contributed by atoms with Crippen molar-refractivity contribution in [1.29, 1.82) is 0 Å². The molecule has 1 fully saturated rings. The molecule has 3 rings (SSSR count). The van der Waals surface area contributed by atoms with Gasteiger partial charge >= 0.3 is 0 Å². The first-order valence-electron chi connectivity index (χ1n) is 10.1. The number of pyridine rings is 1. The van der Waals surface area contributed by atoms with E-state index in [1.165, 1.54) is 18.2 Å². The zero-order valence-electron chi connectivity index (χ0n) is 17.3. The fourth-order valence-electron chi connectivity index (χ4n) is 3.80. The monoisotopic (exact) mass is 411 g/mol. The molecule has 30 heavy (non-hydrogen) atoms. The van der Waals surface area contributed by atoms with Crippen LogP contribution in [-0.2, 0) is 26.3 Å². The van der Waals surface area contributed by atoms with E-state index in [1.54, 1.807) is 42.5 Å². The Labute approximate surface area is 175 Å². The van der Waals surface area contributed by atoms with Gasteiger partial charge in [0.2, 0.25) is 17.7 Å². The SMILES string of the molecule is CCCCN(C)C(=O)CC1(c2cccc(F)c2)CC(=O)N(Cc2cccnc2)C1=O. The second-order valence-corrected chi connectivity index (χ2v) is 7.76. The smallest absolute Gasteiger partial charge is 0.241 e. The topological polar surface area (TPSA) is 70.6 Å². The Morgan fingerprint density at radius 2 is 2.07 bits per heavy atom. The van der Waals surface area contributed by atoms with E-state index in [0.29, 0.717) is 17.7 Å². The Hall–Kier alpha value is -3.09. The van der Waals surface area contributed by atoms with Crippen molar-refractivity contribution in [2.24, 2.45) is 0 Å². The molecule has 1 aliphatic heterocycles. The highest BCUT2D eigenvalue weighted by atomic mass is 19.1. The molecule has 0 bridgehead atoms. The summed E-state index contributed by atoms with van der Waals surface area (Å²) in [6, 6.07) is 9.14. The van der Waals surface area contributed by atoms with Crippen LogP contribution in [0.1, 0.15) is 43.7 Å². The number of hydrogen-bond acceptors (Lipinski definition) is 4. The number of likely N-dealkylation sites (tertiary alicyclic amines) is 1. The molecule has 0 aliphatic carbocycles. The molecular formula is C23H26FN3O3. The van der Waals surface area contributed by atoms with E-state index in [9.17, 15) is 18.8 Å². The van der Waals surface area contributed by atoms with Gasteiger partial charge in [-0.05, 0) is 35.7 Å². The minimum Gasteiger partial charge on any atom is -0.346 e. The average Bonchev–Trinajstić information content (AvgIpc) is 2.97. The van der Waals surface area contributed by atoms with Gasteiger partial charge in [-0.1, -0.05) is 31.5 Å². The van der Waals surface area contributed by atoms with Crippen molar-refractivity contribution in [1.82, 2.24) is 14.8 Å². The quantitative estimate of drug-likeness (QED) is 0.626. The Kier molecular flexibility index (Phi) is 6.59. The summed E-state index contributed by atoms with van der Waals surface area (Å²) in [5.74, 6) is -1.60. The summed E-state index contributed by atoms with van der Waals surface area (Å²) in [6.45, 7) is 2.67. The molecule has 0 N–H and O–H groups in total. The molecule has 0 saturated carbocycles. The number of hydrogen-bond donors (Lipinski definition) is 0. The van der Waals surface area contributed by atoms with Crippen molar-refractivity contribution in [3.05, 3.63) is 65.7 Å².